The van der Waals surface area contributed by atoms with Gasteiger partial charge in [0, 0.05) is 44.1 Å². The van der Waals surface area contributed by atoms with E-state index in [-0.39, 0.29) is 0 Å². The third kappa shape index (κ3) is 4.25. The van der Waals surface area contributed by atoms with Crippen LogP contribution in [0.15, 0.2) is 42.5 Å². The minimum atomic E-state index is 0.740. The van der Waals surface area contributed by atoms with E-state index in [1.165, 1.54) is 17.8 Å². The number of hydrogen-bond acceptors (Lipinski definition) is 4. The SMILES string of the molecule is Cc1ccc2nc(Nc3ccc(N4CCN(CC(C)C)CC4)cc3)[nH]c2c1. The molecule has 5 nitrogen and oxygen atoms in total. The Labute approximate surface area is 161 Å². The van der Waals surface area contributed by atoms with E-state index in [4.69, 9.17) is 0 Å². The Morgan fingerprint density at radius 3 is 2.48 bits per heavy atom. The molecule has 2 N–H and O–H groups in total. The highest BCUT2D eigenvalue weighted by atomic mass is 15.3. The Kier molecular flexibility index (Phi) is 5.03. The number of benzene rings is 2. The number of anilines is 3. The van der Waals surface area contributed by atoms with E-state index >= 15 is 0 Å². The van der Waals surface area contributed by atoms with Crippen molar-refractivity contribution >= 4 is 28.4 Å². The molecule has 0 radical (unpaired) electrons. The molecule has 1 saturated heterocycles. The second-order valence-corrected chi connectivity index (χ2v) is 7.96. The molecular formula is C22H29N5. The standard InChI is InChI=1S/C22H29N5/c1-16(2)15-26-10-12-27(13-11-26)19-7-5-18(6-8-19)23-22-24-20-9-4-17(3)14-21(20)25-22/h4-9,14,16H,10-13,15H2,1-3H3,(H2,23,24,25). The number of nitrogens with zero attached hydrogens (tertiary/aromatic N) is 3. The predicted octanol–water partition coefficient (Wildman–Crippen LogP) is 4.39. The van der Waals surface area contributed by atoms with Gasteiger partial charge in [-0.15, -0.1) is 0 Å². The Balaban J connectivity index is 1.38. The van der Waals surface area contributed by atoms with Gasteiger partial charge in [0.1, 0.15) is 0 Å². The monoisotopic (exact) mass is 363 g/mol. The van der Waals surface area contributed by atoms with Gasteiger partial charge in [0.2, 0.25) is 5.95 Å². The van der Waals surface area contributed by atoms with Crippen LogP contribution in [0.4, 0.5) is 17.3 Å². The van der Waals surface area contributed by atoms with Crippen molar-refractivity contribution in [2.75, 3.05) is 42.9 Å². The van der Waals surface area contributed by atoms with Crippen LogP contribution in [0.1, 0.15) is 19.4 Å². The number of aromatic nitrogens is 2. The maximum absolute atomic E-state index is 4.61. The Morgan fingerprint density at radius 2 is 1.78 bits per heavy atom. The van der Waals surface area contributed by atoms with Crippen molar-refractivity contribution in [1.82, 2.24) is 14.9 Å². The van der Waals surface area contributed by atoms with Crippen molar-refractivity contribution in [1.29, 1.82) is 0 Å². The largest absolute Gasteiger partial charge is 0.369 e. The highest BCUT2D eigenvalue weighted by Gasteiger charge is 2.17. The van der Waals surface area contributed by atoms with Crippen molar-refractivity contribution in [2.24, 2.45) is 5.92 Å². The van der Waals surface area contributed by atoms with E-state index in [0.717, 1.165) is 54.8 Å². The highest BCUT2D eigenvalue weighted by Crippen LogP contribution is 2.23. The molecule has 1 aliphatic rings. The first-order chi connectivity index (χ1) is 13.1. The molecule has 4 rings (SSSR count). The van der Waals surface area contributed by atoms with E-state index in [2.05, 4.69) is 82.3 Å². The smallest absolute Gasteiger partial charge is 0.205 e. The van der Waals surface area contributed by atoms with Gasteiger partial charge in [-0.3, -0.25) is 4.90 Å². The third-order valence-electron chi connectivity index (χ3n) is 5.13. The van der Waals surface area contributed by atoms with Gasteiger partial charge in [-0.2, -0.15) is 0 Å². The molecule has 2 heterocycles. The molecule has 27 heavy (non-hydrogen) atoms. The minimum absolute atomic E-state index is 0.740. The molecule has 1 aliphatic heterocycles. The Morgan fingerprint density at radius 1 is 1.04 bits per heavy atom. The molecule has 1 aromatic heterocycles. The zero-order valence-corrected chi connectivity index (χ0v) is 16.5. The number of hydrogen-bond donors (Lipinski definition) is 2. The zero-order valence-electron chi connectivity index (χ0n) is 16.5. The van der Waals surface area contributed by atoms with Gasteiger partial charge >= 0.3 is 0 Å². The summed E-state index contributed by atoms with van der Waals surface area (Å²) in [5.74, 6) is 1.52. The van der Waals surface area contributed by atoms with Crippen LogP contribution in [0.25, 0.3) is 11.0 Å². The lowest BCUT2D eigenvalue weighted by molar-refractivity contribution is 0.231. The summed E-state index contributed by atoms with van der Waals surface area (Å²) in [7, 11) is 0. The van der Waals surface area contributed by atoms with Crippen LogP contribution in [0.5, 0.6) is 0 Å². The maximum atomic E-state index is 4.61. The maximum Gasteiger partial charge on any atom is 0.205 e. The fourth-order valence-electron chi connectivity index (χ4n) is 3.78. The van der Waals surface area contributed by atoms with Gasteiger partial charge < -0.3 is 15.2 Å². The van der Waals surface area contributed by atoms with E-state index < -0.39 is 0 Å². The van der Waals surface area contributed by atoms with E-state index in [0.29, 0.717) is 0 Å². The molecule has 0 unspecified atom stereocenters. The van der Waals surface area contributed by atoms with Crippen LogP contribution in [0.2, 0.25) is 0 Å². The number of piperazine rings is 1. The first-order valence-electron chi connectivity index (χ1n) is 9.87. The lowest BCUT2D eigenvalue weighted by Crippen LogP contribution is -2.47. The van der Waals surface area contributed by atoms with Crippen molar-refractivity contribution in [3.05, 3.63) is 48.0 Å². The molecule has 5 heteroatoms. The highest BCUT2D eigenvalue weighted by molar-refractivity contribution is 5.79. The minimum Gasteiger partial charge on any atom is -0.369 e. The molecule has 1 fully saturated rings. The summed E-state index contributed by atoms with van der Waals surface area (Å²) < 4.78 is 0. The number of nitrogens with one attached hydrogen (secondary N) is 2. The second kappa shape index (κ2) is 7.61. The molecule has 142 valence electrons. The number of fused-ring (bicyclic) bond motifs is 1. The number of rotatable bonds is 5. The fourth-order valence-corrected chi connectivity index (χ4v) is 3.78. The van der Waals surface area contributed by atoms with Crippen LogP contribution in [0.3, 0.4) is 0 Å². The third-order valence-corrected chi connectivity index (χ3v) is 5.13. The second-order valence-electron chi connectivity index (χ2n) is 7.96. The molecular weight excluding hydrogens is 334 g/mol. The molecule has 0 bridgehead atoms. The molecule has 0 atom stereocenters. The predicted molar refractivity (Wildman–Crippen MR) is 114 cm³/mol. The van der Waals surface area contributed by atoms with Crippen LogP contribution in [0, 0.1) is 12.8 Å². The van der Waals surface area contributed by atoms with Gasteiger partial charge in [0.05, 0.1) is 11.0 Å². The number of aromatic amines is 1. The molecule has 0 saturated carbocycles. The summed E-state index contributed by atoms with van der Waals surface area (Å²) in [5.41, 5.74) is 5.63. The van der Waals surface area contributed by atoms with Crippen molar-refractivity contribution in [2.45, 2.75) is 20.8 Å². The van der Waals surface area contributed by atoms with Crippen LogP contribution >= 0.6 is 0 Å². The first kappa shape index (κ1) is 17.9. The molecule has 2 aromatic carbocycles. The van der Waals surface area contributed by atoms with Crippen LogP contribution < -0.4 is 10.2 Å². The summed E-state index contributed by atoms with van der Waals surface area (Å²) >= 11 is 0. The zero-order chi connectivity index (χ0) is 18.8. The van der Waals surface area contributed by atoms with E-state index in [1.54, 1.807) is 0 Å². The van der Waals surface area contributed by atoms with Crippen molar-refractivity contribution in [3.63, 3.8) is 0 Å². The quantitative estimate of drug-likeness (QED) is 0.706. The summed E-state index contributed by atoms with van der Waals surface area (Å²) in [6, 6.07) is 14.9. The van der Waals surface area contributed by atoms with E-state index in [1.807, 2.05) is 6.07 Å². The van der Waals surface area contributed by atoms with Gasteiger partial charge in [-0.25, -0.2) is 4.98 Å². The first-order valence-corrected chi connectivity index (χ1v) is 9.87. The van der Waals surface area contributed by atoms with Crippen LogP contribution in [-0.4, -0.2) is 47.6 Å². The molecule has 3 aromatic rings. The fraction of sp³-hybridized carbons (Fsp3) is 0.409. The summed E-state index contributed by atoms with van der Waals surface area (Å²) in [5, 5.41) is 3.38. The van der Waals surface area contributed by atoms with Gasteiger partial charge in [0.15, 0.2) is 0 Å². The molecule has 0 aliphatic carbocycles. The van der Waals surface area contributed by atoms with E-state index in [9.17, 15) is 0 Å². The lowest BCUT2D eigenvalue weighted by atomic mass is 10.2. The van der Waals surface area contributed by atoms with Gasteiger partial charge in [-0.1, -0.05) is 19.9 Å². The average molecular weight is 364 g/mol. The number of imidazole rings is 1. The normalized spacial score (nSPS) is 15.6. The Hall–Kier alpha value is -2.53. The average Bonchev–Trinajstić information content (AvgIpc) is 3.04. The number of H-pyrrole nitrogens is 1. The molecule has 0 amide bonds. The van der Waals surface area contributed by atoms with Gasteiger partial charge in [0.25, 0.3) is 0 Å². The van der Waals surface area contributed by atoms with Crippen molar-refractivity contribution < 1.29 is 0 Å². The summed E-state index contributed by atoms with van der Waals surface area (Å²) in [6.45, 7) is 12.4. The lowest BCUT2D eigenvalue weighted by Gasteiger charge is -2.36. The van der Waals surface area contributed by atoms with Crippen LogP contribution in [-0.2, 0) is 0 Å². The molecule has 0 spiro atoms. The Bertz CT molecular complexity index is 889. The van der Waals surface area contributed by atoms with Gasteiger partial charge in [-0.05, 0) is 54.8 Å². The number of aryl methyl sites for hydroxylation is 1. The van der Waals surface area contributed by atoms with Crippen molar-refractivity contribution in [3.8, 4) is 0 Å². The summed E-state index contributed by atoms with van der Waals surface area (Å²) in [4.78, 5) is 13.0. The topological polar surface area (TPSA) is 47.2 Å². The summed E-state index contributed by atoms with van der Waals surface area (Å²) in [6.07, 6.45) is 0.